The number of nitrogens with zero attached hydrogens (tertiary/aromatic N) is 2. The van der Waals surface area contributed by atoms with E-state index in [1.807, 2.05) is 18.7 Å². The molecule has 1 aliphatic rings. The monoisotopic (exact) mass is 323 g/mol. The van der Waals surface area contributed by atoms with Gasteiger partial charge in [0.25, 0.3) is 0 Å². The summed E-state index contributed by atoms with van der Waals surface area (Å²) in [7, 11) is 0. The van der Waals surface area contributed by atoms with Gasteiger partial charge in [-0.2, -0.15) is 0 Å². The summed E-state index contributed by atoms with van der Waals surface area (Å²) in [6.07, 6.45) is 0.793. The minimum atomic E-state index is -0.152. The third-order valence-corrected chi connectivity index (χ3v) is 3.90. The first-order valence-corrected chi connectivity index (χ1v) is 7.95. The highest BCUT2D eigenvalue weighted by Gasteiger charge is 2.23. The molecule has 0 bridgehead atoms. The lowest BCUT2D eigenvalue weighted by atomic mass is 10.2. The Morgan fingerprint density at radius 3 is 2.50 bits per heavy atom. The summed E-state index contributed by atoms with van der Waals surface area (Å²) in [4.78, 5) is 27.9. The summed E-state index contributed by atoms with van der Waals surface area (Å²) < 4.78 is 0. The molecule has 0 aromatic heterocycles. The standard InChI is InChI=1S/C16H22ClN3O2/c1-12(2)15(21)19-7-4-8-20(10-9-19)16(22)18-14-6-3-5-13(17)11-14/h3,5-6,11-12H,4,7-10H2,1-2H3,(H,18,22). The molecule has 6 heteroatoms. The van der Waals surface area contributed by atoms with Gasteiger partial charge in [-0.15, -0.1) is 0 Å². The molecule has 22 heavy (non-hydrogen) atoms. The molecule has 0 unspecified atom stereocenters. The number of carbonyl (C=O) groups excluding carboxylic acids is 2. The summed E-state index contributed by atoms with van der Waals surface area (Å²) in [6.45, 7) is 6.28. The SMILES string of the molecule is CC(C)C(=O)N1CCCN(C(=O)Nc2cccc(Cl)c2)CC1. The first kappa shape index (κ1) is 16.6. The van der Waals surface area contributed by atoms with Gasteiger partial charge < -0.3 is 15.1 Å². The van der Waals surface area contributed by atoms with Crippen LogP contribution >= 0.6 is 11.6 Å². The molecule has 1 aliphatic heterocycles. The number of nitrogens with one attached hydrogen (secondary N) is 1. The fourth-order valence-electron chi connectivity index (χ4n) is 2.47. The smallest absolute Gasteiger partial charge is 0.321 e. The molecular weight excluding hydrogens is 302 g/mol. The Morgan fingerprint density at radius 2 is 1.82 bits per heavy atom. The second-order valence-electron chi connectivity index (χ2n) is 5.76. The molecule has 1 saturated heterocycles. The van der Waals surface area contributed by atoms with Crippen LogP contribution in [0.3, 0.4) is 0 Å². The number of urea groups is 1. The Labute approximate surface area is 136 Å². The molecule has 0 saturated carbocycles. The molecule has 1 aromatic carbocycles. The zero-order chi connectivity index (χ0) is 16.1. The zero-order valence-corrected chi connectivity index (χ0v) is 13.8. The van der Waals surface area contributed by atoms with Crippen LogP contribution in [-0.4, -0.2) is 47.9 Å². The van der Waals surface area contributed by atoms with Crippen LogP contribution < -0.4 is 5.32 Å². The van der Waals surface area contributed by atoms with E-state index in [9.17, 15) is 9.59 Å². The average molecular weight is 324 g/mol. The van der Waals surface area contributed by atoms with Crippen LogP contribution in [0.4, 0.5) is 10.5 Å². The zero-order valence-electron chi connectivity index (χ0n) is 13.0. The van der Waals surface area contributed by atoms with E-state index in [0.717, 1.165) is 6.42 Å². The molecule has 120 valence electrons. The maximum Gasteiger partial charge on any atom is 0.321 e. The first-order chi connectivity index (χ1) is 10.5. The quantitative estimate of drug-likeness (QED) is 0.909. The van der Waals surface area contributed by atoms with Crippen molar-refractivity contribution in [2.45, 2.75) is 20.3 Å². The van der Waals surface area contributed by atoms with Crippen LogP contribution in [0.5, 0.6) is 0 Å². The Morgan fingerprint density at radius 1 is 1.14 bits per heavy atom. The van der Waals surface area contributed by atoms with Gasteiger partial charge >= 0.3 is 6.03 Å². The van der Waals surface area contributed by atoms with E-state index in [1.165, 1.54) is 0 Å². The topological polar surface area (TPSA) is 52.7 Å². The highest BCUT2D eigenvalue weighted by Crippen LogP contribution is 2.16. The van der Waals surface area contributed by atoms with Crippen molar-refractivity contribution >= 4 is 29.2 Å². The number of halogens is 1. The van der Waals surface area contributed by atoms with Crippen LogP contribution in [-0.2, 0) is 4.79 Å². The van der Waals surface area contributed by atoms with Gasteiger partial charge in [-0.1, -0.05) is 31.5 Å². The van der Waals surface area contributed by atoms with E-state index in [1.54, 1.807) is 29.2 Å². The van der Waals surface area contributed by atoms with Gasteiger partial charge in [0.1, 0.15) is 0 Å². The van der Waals surface area contributed by atoms with E-state index in [4.69, 9.17) is 11.6 Å². The molecule has 1 aromatic rings. The van der Waals surface area contributed by atoms with E-state index < -0.39 is 0 Å². The molecular formula is C16H22ClN3O2. The second kappa shape index (κ2) is 7.49. The molecule has 1 fully saturated rings. The summed E-state index contributed by atoms with van der Waals surface area (Å²) in [6, 6.07) is 6.92. The third-order valence-electron chi connectivity index (χ3n) is 3.66. The Bertz CT molecular complexity index is 548. The Kier molecular flexibility index (Phi) is 5.66. The molecule has 2 rings (SSSR count). The summed E-state index contributed by atoms with van der Waals surface area (Å²) >= 11 is 5.91. The van der Waals surface area contributed by atoms with E-state index in [2.05, 4.69) is 5.32 Å². The van der Waals surface area contributed by atoms with Crippen LogP contribution in [0, 0.1) is 5.92 Å². The first-order valence-electron chi connectivity index (χ1n) is 7.57. The maximum absolute atomic E-state index is 12.3. The van der Waals surface area contributed by atoms with Crippen molar-refractivity contribution in [1.29, 1.82) is 0 Å². The van der Waals surface area contributed by atoms with Gasteiger partial charge in [-0.3, -0.25) is 4.79 Å². The lowest BCUT2D eigenvalue weighted by molar-refractivity contribution is -0.134. The predicted octanol–water partition coefficient (Wildman–Crippen LogP) is 3.06. The molecule has 0 spiro atoms. The third kappa shape index (κ3) is 4.37. The number of carbonyl (C=O) groups is 2. The lowest BCUT2D eigenvalue weighted by Gasteiger charge is -2.23. The van der Waals surface area contributed by atoms with Crippen molar-refractivity contribution < 1.29 is 9.59 Å². The maximum atomic E-state index is 12.3. The number of anilines is 1. The molecule has 0 atom stereocenters. The highest BCUT2D eigenvalue weighted by molar-refractivity contribution is 6.30. The van der Waals surface area contributed by atoms with Gasteiger partial charge in [0.05, 0.1) is 0 Å². The van der Waals surface area contributed by atoms with Crippen molar-refractivity contribution in [3.63, 3.8) is 0 Å². The molecule has 1 heterocycles. The Balaban J connectivity index is 1.93. The van der Waals surface area contributed by atoms with Gasteiger partial charge in [0.2, 0.25) is 5.91 Å². The van der Waals surface area contributed by atoms with Gasteiger partial charge in [0.15, 0.2) is 0 Å². The van der Waals surface area contributed by atoms with Crippen LogP contribution in [0.25, 0.3) is 0 Å². The number of hydrogen-bond donors (Lipinski definition) is 1. The number of rotatable bonds is 2. The number of amides is 3. The molecule has 0 radical (unpaired) electrons. The van der Waals surface area contributed by atoms with E-state index in [0.29, 0.717) is 36.9 Å². The average Bonchev–Trinajstić information content (AvgIpc) is 2.72. The Hall–Kier alpha value is -1.75. The van der Waals surface area contributed by atoms with Crippen LogP contribution in [0.2, 0.25) is 5.02 Å². The van der Waals surface area contributed by atoms with E-state index in [-0.39, 0.29) is 17.9 Å². The van der Waals surface area contributed by atoms with Crippen LogP contribution in [0.15, 0.2) is 24.3 Å². The largest absolute Gasteiger partial charge is 0.341 e. The van der Waals surface area contributed by atoms with E-state index >= 15 is 0 Å². The number of hydrogen-bond acceptors (Lipinski definition) is 2. The van der Waals surface area contributed by atoms with Crippen molar-refractivity contribution in [3.05, 3.63) is 29.3 Å². The van der Waals surface area contributed by atoms with Crippen LogP contribution in [0.1, 0.15) is 20.3 Å². The van der Waals surface area contributed by atoms with Crippen molar-refractivity contribution in [1.82, 2.24) is 9.80 Å². The fraction of sp³-hybridized carbons (Fsp3) is 0.500. The molecule has 0 aliphatic carbocycles. The van der Waals surface area contributed by atoms with Crippen molar-refractivity contribution in [2.24, 2.45) is 5.92 Å². The molecule has 1 N–H and O–H groups in total. The minimum Gasteiger partial charge on any atom is -0.341 e. The number of benzene rings is 1. The molecule has 3 amide bonds. The van der Waals surface area contributed by atoms with Gasteiger partial charge in [-0.25, -0.2) is 4.79 Å². The van der Waals surface area contributed by atoms with Gasteiger partial charge in [-0.05, 0) is 24.6 Å². The molecule has 5 nitrogen and oxygen atoms in total. The lowest BCUT2D eigenvalue weighted by Crippen LogP contribution is -2.40. The highest BCUT2D eigenvalue weighted by atomic mass is 35.5. The summed E-state index contributed by atoms with van der Waals surface area (Å²) in [5, 5.41) is 3.43. The summed E-state index contributed by atoms with van der Waals surface area (Å²) in [5.41, 5.74) is 0.678. The predicted molar refractivity (Wildman–Crippen MR) is 88.1 cm³/mol. The fourth-order valence-corrected chi connectivity index (χ4v) is 2.67. The minimum absolute atomic E-state index is 0.00756. The van der Waals surface area contributed by atoms with Gasteiger partial charge in [0, 0.05) is 42.8 Å². The van der Waals surface area contributed by atoms with Crippen molar-refractivity contribution in [2.75, 3.05) is 31.5 Å². The van der Waals surface area contributed by atoms with Crippen molar-refractivity contribution in [3.8, 4) is 0 Å². The second-order valence-corrected chi connectivity index (χ2v) is 6.20. The summed E-state index contributed by atoms with van der Waals surface area (Å²) in [5.74, 6) is 0.143. The normalized spacial score (nSPS) is 15.6.